The van der Waals surface area contributed by atoms with Gasteiger partial charge in [0, 0.05) is 25.6 Å². The van der Waals surface area contributed by atoms with Crippen LogP contribution in [0.5, 0.6) is 5.75 Å². The van der Waals surface area contributed by atoms with Crippen molar-refractivity contribution in [3.8, 4) is 11.8 Å². The highest BCUT2D eigenvalue weighted by Crippen LogP contribution is 2.46. The number of hydroxylamine groups is 2. The van der Waals surface area contributed by atoms with Crippen molar-refractivity contribution in [1.82, 2.24) is 9.96 Å². The van der Waals surface area contributed by atoms with Crippen molar-refractivity contribution in [2.75, 3.05) is 13.6 Å². The fourth-order valence-electron chi connectivity index (χ4n) is 3.60. The first-order chi connectivity index (χ1) is 11.3. The van der Waals surface area contributed by atoms with E-state index in [1.165, 1.54) is 7.05 Å². The zero-order valence-corrected chi connectivity index (χ0v) is 14.4. The van der Waals surface area contributed by atoms with Gasteiger partial charge in [-0.3, -0.25) is 15.1 Å². The van der Waals surface area contributed by atoms with E-state index < -0.39 is 5.60 Å². The molecule has 0 atom stereocenters. The van der Waals surface area contributed by atoms with E-state index >= 15 is 0 Å². The van der Waals surface area contributed by atoms with Crippen LogP contribution in [0.2, 0.25) is 0 Å². The monoisotopic (exact) mass is 327 g/mol. The van der Waals surface area contributed by atoms with Crippen molar-refractivity contribution < 1.29 is 14.7 Å². The average Bonchev–Trinajstić information content (AvgIpc) is 2.90. The Morgan fingerprint density at radius 1 is 1.42 bits per heavy atom. The lowest BCUT2D eigenvalue weighted by Gasteiger charge is -2.41. The number of benzene rings is 1. The second kappa shape index (κ2) is 5.53. The molecule has 0 aromatic heterocycles. The molecule has 1 aromatic rings. The van der Waals surface area contributed by atoms with Gasteiger partial charge in [0.2, 0.25) is 5.91 Å². The molecule has 0 bridgehead atoms. The first kappa shape index (κ1) is 16.3. The average molecular weight is 327 g/mol. The summed E-state index contributed by atoms with van der Waals surface area (Å²) in [6, 6.07) is 5.66. The third-order valence-corrected chi connectivity index (χ3v) is 4.61. The molecule has 1 N–H and O–H groups in total. The maximum absolute atomic E-state index is 12.4. The summed E-state index contributed by atoms with van der Waals surface area (Å²) in [7, 11) is 1.52. The minimum absolute atomic E-state index is 0.0229. The molecule has 2 heterocycles. The molecule has 2 aliphatic rings. The predicted molar refractivity (Wildman–Crippen MR) is 88.0 cm³/mol. The van der Waals surface area contributed by atoms with Gasteiger partial charge in [-0.1, -0.05) is 0 Å². The maximum Gasteiger partial charge on any atom is 0.227 e. The number of amides is 1. The molecule has 1 saturated heterocycles. The number of fused-ring (bicyclic) bond motifs is 1. The lowest BCUT2D eigenvalue weighted by Crippen LogP contribution is -2.44. The van der Waals surface area contributed by atoms with Crippen LogP contribution in [0.15, 0.2) is 17.8 Å². The van der Waals surface area contributed by atoms with Gasteiger partial charge in [-0.2, -0.15) is 5.26 Å². The number of hydrogen-bond acceptors (Lipinski definition) is 5. The number of nitriles is 1. The summed E-state index contributed by atoms with van der Waals surface area (Å²) >= 11 is 0. The second-order valence-corrected chi connectivity index (χ2v) is 6.71. The Kier molecular flexibility index (Phi) is 3.77. The number of hydrogen-bond donors (Lipinski definition) is 1. The molecular formula is C18H21N3O3. The standard InChI is InChI=1S/C18H21N3O3/c1-11-12(10-19)7-8-13-15(11)16(21-9-5-6-14(21)22)17(20(4)23)18(2,3)24-13/h7-8,23H,5-6,9H2,1-4H3. The first-order valence-electron chi connectivity index (χ1n) is 7.98. The van der Waals surface area contributed by atoms with Crippen LogP contribution < -0.4 is 4.74 Å². The van der Waals surface area contributed by atoms with Crippen LogP contribution in [0.3, 0.4) is 0 Å². The smallest absolute Gasteiger partial charge is 0.227 e. The molecule has 3 rings (SSSR count). The Bertz CT molecular complexity index is 787. The molecule has 1 fully saturated rings. The molecule has 0 spiro atoms. The Hall–Kier alpha value is -2.52. The van der Waals surface area contributed by atoms with E-state index in [-0.39, 0.29) is 5.91 Å². The van der Waals surface area contributed by atoms with E-state index in [0.29, 0.717) is 41.2 Å². The topological polar surface area (TPSA) is 76.8 Å². The first-order valence-corrected chi connectivity index (χ1v) is 7.98. The summed E-state index contributed by atoms with van der Waals surface area (Å²) in [6.07, 6.45) is 1.26. The lowest BCUT2D eigenvalue weighted by molar-refractivity contribution is -0.125. The van der Waals surface area contributed by atoms with Crippen molar-refractivity contribution in [3.05, 3.63) is 34.5 Å². The minimum Gasteiger partial charge on any atom is -0.481 e. The van der Waals surface area contributed by atoms with Crippen LogP contribution in [-0.4, -0.2) is 40.3 Å². The lowest BCUT2D eigenvalue weighted by atomic mass is 9.90. The van der Waals surface area contributed by atoms with Crippen molar-refractivity contribution in [1.29, 1.82) is 5.26 Å². The van der Waals surface area contributed by atoms with Crippen molar-refractivity contribution in [3.63, 3.8) is 0 Å². The summed E-state index contributed by atoms with van der Waals surface area (Å²) in [6.45, 7) is 6.14. The zero-order valence-electron chi connectivity index (χ0n) is 14.4. The van der Waals surface area contributed by atoms with Gasteiger partial charge >= 0.3 is 0 Å². The Morgan fingerprint density at radius 3 is 2.67 bits per heavy atom. The highest BCUT2D eigenvalue weighted by atomic mass is 16.5. The number of likely N-dealkylation sites (tertiary alicyclic amines) is 1. The van der Waals surface area contributed by atoms with E-state index in [2.05, 4.69) is 6.07 Å². The van der Waals surface area contributed by atoms with Crippen LogP contribution in [0, 0.1) is 18.3 Å². The SMILES string of the molecule is Cc1c(C#N)ccc2c1C(N1CCCC1=O)=C(N(C)O)C(C)(C)O2. The molecule has 126 valence electrons. The molecule has 24 heavy (non-hydrogen) atoms. The summed E-state index contributed by atoms with van der Waals surface area (Å²) < 4.78 is 6.09. The molecule has 0 aliphatic carbocycles. The van der Waals surface area contributed by atoms with Gasteiger partial charge < -0.3 is 9.64 Å². The largest absolute Gasteiger partial charge is 0.481 e. The summed E-state index contributed by atoms with van der Waals surface area (Å²) in [5.74, 6) is 0.645. The molecule has 0 unspecified atom stereocenters. The Labute approximate surface area is 141 Å². The number of carbonyl (C=O) groups excluding carboxylic acids is 1. The predicted octanol–water partition coefficient (Wildman–Crippen LogP) is 2.65. The van der Waals surface area contributed by atoms with Crippen LogP contribution in [0.1, 0.15) is 43.4 Å². The van der Waals surface area contributed by atoms with E-state index in [4.69, 9.17) is 4.74 Å². The zero-order chi connectivity index (χ0) is 17.6. The fraction of sp³-hybridized carbons (Fsp3) is 0.444. The van der Waals surface area contributed by atoms with Gasteiger partial charge in [-0.15, -0.1) is 0 Å². The molecule has 0 radical (unpaired) electrons. The molecule has 6 nitrogen and oxygen atoms in total. The van der Waals surface area contributed by atoms with E-state index in [9.17, 15) is 15.3 Å². The van der Waals surface area contributed by atoms with Gasteiger partial charge in [0.25, 0.3) is 0 Å². The van der Waals surface area contributed by atoms with Gasteiger partial charge in [-0.25, -0.2) is 0 Å². The second-order valence-electron chi connectivity index (χ2n) is 6.71. The Balaban J connectivity index is 2.37. The fourth-order valence-corrected chi connectivity index (χ4v) is 3.60. The number of likely N-dealkylation sites (N-methyl/N-ethyl adjacent to an activating group) is 1. The number of ether oxygens (including phenoxy) is 1. The van der Waals surface area contributed by atoms with Crippen LogP contribution in [0.4, 0.5) is 0 Å². The van der Waals surface area contributed by atoms with Crippen molar-refractivity contribution in [2.45, 2.75) is 39.2 Å². The maximum atomic E-state index is 12.4. The third-order valence-electron chi connectivity index (χ3n) is 4.61. The Morgan fingerprint density at radius 2 is 2.12 bits per heavy atom. The minimum atomic E-state index is -0.810. The van der Waals surface area contributed by atoms with Crippen molar-refractivity contribution >= 4 is 11.6 Å². The van der Waals surface area contributed by atoms with Crippen LogP contribution >= 0.6 is 0 Å². The summed E-state index contributed by atoms with van der Waals surface area (Å²) in [5, 5.41) is 20.6. The number of nitrogens with zero attached hydrogens (tertiary/aromatic N) is 3. The normalized spacial score (nSPS) is 19.0. The molecule has 1 aromatic carbocycles. The van der Waals surface area contributed by atoms with Gasteiger partial charge in [0.05, 0.1) is 17.3 Å². The highest BCUT2D eigenvalue weighted by molar-refractivity contribution is 5.92. The number of carbonyl (C=O) groups is 1. The molecule has 1 amide bonds. The molecule has 6 heteroatoms. The van der Waals surface area contributed by atoms with Crippen LogP contribution in [-0.2, 0) is 4.79 Å². The molecular weight excluding hydrogens is 306 g/mol. The molecule has 0 saturated carbocycles. The van der Waals surface area contributed by atoms with Gasteiger partial charge in [0.1, 0.15) is 17.0 Å². The quantitative estimate of drug-likeness (QED) is 0.845. The summed E-state index contributed by atoms with van der Waals surface area (Å²) in [5.41, 5.74) is 2.34. The third kappa shape index (κ3) is 2.33. The number of rotatable bonds is 2. The van der Waals surface area contributed by atoms with Crippen molar-refractivity contribution in [2.24, 2.45) is 0 Å². The van der Waals surface area contributed by atoms with E-state index in [1.807, 2.05) is 20.8 Å². The van der Waals surface area contributed by atoms with E-state index in [1.54, 1.807) is 17.0 Å². The summed E-state index contributed by atoms with van der Waals surface area (Å²) in [4.78, 5) is 14.1. The highest BCUT2D eigenvalue weighted by Gasteiger charge is 2.42. The van der Waals surface area contributed by atoms with Gasteiger partial charge in [0.15, 0.2) is 0 Å². The van der Waals surface area contributed by atoms with Gasteiger partial charge in [-0.05, 0) is 44.9 Å². The van der Waals surface area contributed by atoms with E-state index in [0.717, 1.165) is 17.0 Å². The molecule has 2 aliphatic heterocycles. The van der Waals surface area contributed by atoms with Crippen LogP contribution in [0.25, 0.3) is 5.70 Å².